The number of nitrogen functional groups attached to an aromatic ring is 1. The van der Waals surface area contributed by atoms with E-state index < -0.39 is 11.7 Å². The second kappa shape index (κ2) is 3.36. The molecule has 0 fully saturated rings. The van der Waals surface area contributed by atoms with E-state index in [0.717, 1.165) is 6.07 Å². The minimum Gasteiger partial charge on any atom is -0.399 e. The van der Waals surface area contributed by atoms with Crippen molar-refractivity contribution in [2.24, 2.45) is 0 Å². The molecule has 0 aliphatic heterocycles. The Kier molecular flexibility index (Phi) is 2.55. The standard InChI is InChI=1S/C10H10F3N/c1-3-7-4-8(14)5-9(6(7)2)10(11,12)13/h3-5H,1,14H2,2H3. The summed E-state index contributed by atoms with van der Waals surface area (Å²) in [4.78, 5) is 0. The summed E-state index contributed by atoms with van der Waals surface area (Å²) in [7, 11) is 0. The van der Waals surface area contributed by atoms with Gasteiger partial charge in [0.05, 0.1) is 5.56 Å². The molecule has 0 unspecified atom stereocenters. The van der Waals surface area contributed by atoms with Gasteiger partial charge in [-0.2, -0.15) is 13.2 Å². The number of halogens is 3. The van der Waals surface area contributed by atoms with E-state index in [1.54, 1.807) is 0 Å². The van der Waals surface area contributed by atoms with E-state index in [0.29, 0.717) is 5.56 Å². The van der Waals surface area contributed by atoms with Crippen molar-refractivity contribution in [3.8, 4) is 0 Å². The van der Waals surface area contributed by atoms with Crippen molar-refractivity contribution in [2.45, 2.75) is 13.1 Å². The summed E-state index contributed by atoms with van der Waals surface area (Å²) in [5.41, 5.74) is 5.32. The molecule has 0 atom stereocenters. The van der Waals surface area contributed by atoms with E-state index in [1.165, 1.54) is 19.1 Å². The summed E-state index contributed by atoms with van der Waals surface area (Å²) in [6.45, 7) is 4.84. The average molecular weight is 201 g/mol. The molecule has 0 aliphatic carbocycles. The number of benzene rings is 1. The van der Waals surface area contributed by atoms with Crippen molar-refractivity contribution >= 4 is 11.8 Å². The van der Waals surface area contributed by atoms with Crippen molar-refractivity contribution in [2.75, 3.05) is 5.73 Å². The second-order valence-corrected chi connectivity index (χ2v) is 2.98. The maximum atomic E-state index is 12.5. The number of hydrogen-bond donors (Lipinski definition) is 1. The van der Waals surface area contributed by atoms with Gasteiger partial charge in [-0.25, -0.2) is 0 Å². The van der Waals surface area contributed by atoms with Gasteiger partial charge in [-0.3, -0.25) is 0 Å². The fourth-order valence-electron chi connectivity index (χ4n) is 1.27. The molecule has 0 spiro atoms. The lowest BCUT2D eigenvalue weighted by molar-refractivity contribution is -0.138. The first kappa shape index (κ1) is 10.6. The fraction of sp³-hybridized carbons (Fsp3) is 0.200. The lowest BCUT2D eigenvalue weighted by Gasteiger charge is -2.13. The molecular weight excluding hydrogens is 191 g/mol. The molecule has 0 aromatic heterocycles. The highest BCUT2D eigenvalue weighted by Crippen LogP contribution is 2.34. The van der Waals surface area contributed by atoms with Gasteiger partial charge in [0.15, 0.2) is 0 Å². The maximum absolute atomic E-state index is 12.5. The third-order valence-corrected chi connectivity index (χ3v) is 2.00. The third kappa shape index (κ3) is 1.89. The van der Waals surface area contributed by atoms with Crippen LogP contribution in [0.4, 0.5) is 18.9 Å². The van der Waals surface area contributed by atoms with Crippen LogP contribution in [0.5, 0.6) is 0 Å². The van der Waals surface area contributed by atoms with Crippen LogP contribution in [-0.4, -0.2) is 0 Å². The van der Waals surface area contributed by atoms with E-state index in [1.807, 2.05) is 0 Å². The molecule has 0 saturated carbocycles. The number of rotatable bonds is 1. The van der Waals surface area contributed by atoms with Gasteiger partial charge in [0, 0.05) is 5.69 Å². The molecule has 1 aromatic carbocycles. The van der Waals surface area contributed by atoms with Gasteiger partial charge in [-0.1, -0.05) is 12.7 Å². The molecule has 0 radical (unpaired) electrons. The third-order valence-electron chi connectivity index (χ3n) is 2.00. The summed E-state index contributed by atoms with van der Waals surface area (Å²) < 4.78 is 37.4. The van der Waals surface area contributed by atoms with E-state index in [-0.39, 0.29) is 11.3 Å². The predicted octanol–water partition coefficient (Wildman–Crippen LogP) is 3.24. The topological polar surface area (TPSA) is 26.0 Å². The van der Waals surface area contributed by atoms with Gasteiger partial charge < -0.3 is 5.73 Å². The first-order valence-electron chi connectivity index (χ1n) is 3.96. The molecule has 0 amide bonds. The normalized spacial score (nSPS) is 11.4. The molecule has 0 saturated heterocycles. The van der Waals surface area contributed by atoms with Crippen molar-refractivity contribution < 1.29 is 13.2 Å². The Balaban J connectivity index is 3.44. The number of hydrogen-bond acceptors (Lipinski definition) is 1. The van der Waals surface area contributed by atoms with Gasteiger partial charge in [-0.05, 0) is 30.2 Å². The van der Waals surface area contributed by atoms with E-state index in [2.05, 4.69) is 6.58 Å². The van der Waals surface area contributed by atoms with Gasteiger partial charge in [0.1, 0.15) is 0 Å². The van der Waals surface area contributed by atoms with E-state index in [4.69, 9.17) is 5.73 Å². The molecule has 1 nitrogen and oxygen atoms in total. The molecule has 2 N–H and O–H groups in total. The van der Waals surface area contributed by atoms with Crippen molar-refractivity contribution in [3.63, 3.8) is 0 Å². The van der Waals surface area contributed by atoms with Crippen LogP contribution < -0.4 is 5.73 Å². The minimum absolute atomic E-state index is 0.0952. The van der Waals surface area contributed by atoms with E-state index >= 15 is 0 Å². The molecule has 4 heteroatoms. The molecule has 0 bridgehead atoms. The highest BCUT2D eigenvalue weighted by Gasteiger charge is 2.33. The molecule has 1 aromatic rings. The Hall–Kier alpha value is -1.45. The molecule has 0 aliphatic rings. The zero-order valence-corrected chi connectivity index (χ0v) is 7.65. The number of nitrogens with two attached hydrogens (primary N) is 1. The van der Waals surface area contributed by atoms with Crippen LogP contribution in [0.2, 0.25) is 0 Å². The SMILES string of the molecule is C=Cc1cc(N)cc(C(F)(F)F)c1C. The molecular formula is C10H10F3N. The quantitative estimate of drug-likeness (QED) is 0.693. The Morgan fingerprint density at radius 2 is 1.93 bits per heavy atom. The van der Waals surface area contributed by atoms with Crippen molar-refractivity contribution in [1.29, 1.82) is 0 Å². The molecule has 14 heavy (non-hydrogen) atoms. The highest BCUT2D eigenvalue weighted by molar-refractivity contribution is 5.61. The largest absolute Gasteiger partial charge is 0.416 e. The number of anilines is 1. The summed E-state index contributed by atoms with van der Waals surface area (Å²) in [5.74, 6) is 0. The van der Waals surface area contributed by atoms with Crippen molar-refractivity contribution in [3.05, 3.63) is 35.4 Å². The Morgan fingerprint density at radius 3 is 2.36 bits per heavy atom. The Labute approximate surface area is 80.0 Å². The van der Waals surface area contributed by atoms with Crippen LogP contribution >= 0.6 is 0 Å². The number of alkyl halides is 3. The van der Waals surface area contributed by atoms with Gasteiger partial charge in [-0.15, -0.1) is 0 Å². The summed E-state index contributed by atoms with van der Waals surface area (Å²) in [5, 5.41) is 0. The summed E-state index contributed by atoms with van der Waals surface area (Å²) in [6, 6.07) is 2.40. The van der Waals surface area contributed by atoms with Crippen LogP contribution in [0.3, 0.4) is 0 Å². The van der Waals surface area contributed by atoms with Crippen LogP contribution in [0.25, 0.3) is 6.08 Å². The summed E-state index contributed by atoms with van der Waals surface area (Å²) >= 11 is 0. The van der Waals surface area contributed by atoms with Gasteiger partial charge in [0.25, 0.3) is 0 Å². The maximum Gasteiger partial charge on any atom is 0.416 e. The van der Waals surface area contributed by atoms with Crippen LogP contribution in [0.15, 0.2) is 18.7 Å². The second-order valence-electron chi connectivity index (χ2n) is 2.98. The van der Waals surface area contributed by atoms with Crippen molar-refractivity contribution in [1.82, 2.24) is 0 Å². The zero-order valence-electron chi connectivity index (χ0n) is 7.65. The lowest BCUT2D eigenvalue weighted by Crippen LogP contribution is -2.09. The van der Waals surface area contributed by atoms with Crippen LogP contribution in [0, 0.1) is 6.92 Å². The summed E-state index contributed by atoms with van der Waals surface area (Å²) in [6.07, 6.45) is -3.00. The zero-order chi connectivity index (χ0) is 10.9. The Morgan fingerprint density at radius 1 is 1.36 bits per heavy atom. The first-order chi connectivity index (χ1) is 6.36. The van der Waals surface area contributed by atoms with Crippen LogP contribution in [-0.2, 0) is 6.18 Å². The average Bonchev–Trinajstić information content (AvgIpc) is 2.06. The van der Waals surface area contributed by atoms with Gasteiger partial charge in [0.2, 0.25) is 0 Å². The minimum atomic E-state index is -4.36. The molecule has 1 rings (SSSR count). The Bertz CT molecular complexity index is 366. The molecule has 0 heterocycles. The van der Waals surface area contributed by atoms with E-state index in [9.17, 15) is 13.2 Å². The van der Waals surface area contributed by atoms with Crippen LogP contribution in [0.1, 0.15) is 16.7 Å². The lowest BCUT2D eigenvalue weighted by atomic mass is 10.0. The van der Waals surface area contributed by atoms with Gasteiger partial charge >= 0.3 is 6.18 Å². The monoisotopic (exact) mass is 201 g/mol. The first-order valence-corrected chi connectivity index (χ1v) is 3.96. The fourth-order valence-corrected chi connectivity index (χ4v) is 1.27. The smallest absolute Gasteiger partial charge is 0.399 e. The highest BCUT2D eigenvalue weighted by atomic mass is 19.4. The predicted molar refractivity (Wildman–Crippen MR) is 50.7 cm³/mol. The molecule has 76 valence electrons.